The second-order valence-corrected chi connectivity index (χ2v) is 3.21. The molecule has 0 heterocycles. The summed E-state index contributed by atoms with van der Waals surface area (Å²) < 4.78 is 0. The summed E-state index contributed by atoms with van der Waals surface area (Å²) in [7, 11) is 0. The molecule has 0 saturated heterocycles. The first-order valence-electron chi connectivity index (χ1n) is 5.91. The van der Waals surface area contributed by atoms with E-state index < -0.39 is 11.9 Å². The molecule has 1 aromatic carbocycles. The van der Waals surface area contributed by atoms with E-state index in [9.17, 15) is 9.59 Å². The van der Waals surface area contributed by atoms with Gasteiger partial charge in [0, 0.05) is 12.7 Å². The second-order valence-electron chi connectivity index (χ2n) is 3.21. The molecule has 0 saturated carbocycles. The van der Waals surface area contributed by atoms with Crippen LogP contribution in [0.25, 0.3) is 0 Å². The fourth-order valence-electron chi connectivity index (χ4n) is 0.830. The molecule has 1 rings (SSSR count). The monoisotopic (exact) mass is 280 g/mol. The number of allylic oxidation sites excluding steroid dienone is 3. The van der Waals surface area contributed by atoms with Gasteiger partial charge < -0.3 is 15.3 Å². The van der Waals surface area contributed by atoms with Gasteiger partial charge in [-0.3, -0.25) is 0 Å². The normalized spacial score (nSPS) is 9.35. The number of carboxylic acids is 2. The highest BCUT2D eigenvalue weighted by Crippen LogP contribution is 1.96. The van der Waals surface area contributed by atoms with Crippen LogP contribution < -0.4 is 0 Å². The molecule has 0 unspecified atom stereocenters. The van der Waals surface area contributed by atoms with E-state index in [2.05, 4.69) is 0 Å². The van der Waals surface area contributed by atoms with Crippen LogP contribution in [0.5, 0.6) is 0 Å². The van der Waals surface area contributed by atoms with E-state index in [1.54, 1.807) is 49.4 Å². The third-order valence-corrected chi connectivity index (χ3v) is 1.56. The third-order valence-electron chi connectivity index (χ3n) is 1.56. The highest BCUT2D eigenvalue weighted by Gasteiger charge is 1.96. The van der Waals surface area contributed by atoms with Crippen molar-refractivity contribution in [1.82, 2.24) is 0 Å². The summed E-state index contributed by atoms with van der Waals surface area (Å²) in [6.45, 7) is 3.76. The quantitative estimate of drug-likeness (QED) is 0.584. The summed E-state index contributed by atoms with van der Waals surface area (Å²) in [5.41, 5.74) is 0.331. The van der Waals surface area contributed by atoms with Gasteiger partial charge in [0.2, 0.25) is 0 Å². The van der Waals surface area contributed by atoms with Gasteiger partial charge in [-0.2, -0.15) is 0 Å². The van der Waals surface area contributed by atoms with Gasteiger partial charge in [-0.15, -0.1) is 0 Å². The molecule has 0 aromatic heterocycles. The van der Waals surface area contributed by atoms with Crippen LogP contribution in [-0.4, -0.2) is 33.9 Å². The average Bonchev–Trinajstić information content (AvgIpc) is 2.41. The van der Waals surface area contributed by atoms with Gasteiger partial charge in [-0.25, -0.2) is 9.59 Å². The van der Waals surface area contributed by atoms with E-state index in [0.29, 0.717) is 5.56 Å². The number of aliphatic hydroxyl groups excluding tert-OH is 1. The van der Waals surface area contributed by atoms with Crippen LogP contribution in [0.3, 0.4) is 0 Å². The van der Waals surface area contributed by atoms with Crippen LogP contribution in [0, 0.1) is 0 Å². The minimum absolute atomic E-state index is 0.250. The van der Waals surface area contributed by atoms with Crippen molar-refractivity contribution in [3.63, 3.8) is 0 Å². The van der Waals surface area contributed by atoms with Crippen LogP contribution in [0.2, 0.25) is 0 Å². The van der Waals surface area contributed by atoms with Crippen molar-refractivity contribution < 1.29 is 24.9 Å². The zero-order chi connectivity index (χ0) is 15.8. The third kappa shape index (κ3) is 15.6. The maximum absolute atomic E-state index is 10.2. The summed E-state index contributed by atoms with van der Waals surface area (Å²) in [5, 5.41) is 24.0. The van der Waals surface area contributed by atoms with Gasteiger partial charge in [-0.1, -0.05) is 36.4 Å². The number of hydrogen-bond donors (Lipinski definition) is 3. The lowest BCUT2D eigenvalue weighted by Crippen LogP contribution is -1.93. The average molecular weight is 280 g/mol. The molecule has 0 aliphatic rings. The van der Waals surface area contributed by atoms with Gasteiger partial charge in [-0.05, 0) is 26.0 Å². The Bertz CT molecular complexity index is 421. The number of hydrogen-bond acceptors (Lipinski definition) is 3. The van der Waals surface area contributed by atoms with Crippen LogP contribution >= 0.6 is 0 Å². The van der Waals surface area contributed by atoms with Crippen molar-refractivity contribution >= 4 is 11.9 Å². The lowest BCUT2D eigenvalue weighted by Gasteiger charge is -1.88. The molecule has 0 amide bonds. The molecule has 0 bridgehead atoms. The maximum Gasteiger partial charge on any atom is 0.335 e. The highest BCUT2D eigenvalue weighted by atomic mass is 16.4. The molecule has 3 N–H and O–H groups in total. The number of carbonyl (C=O) groups is 2. The first-order valence-corrected chi connectivity index (χ1v) is 5.91. The first-order chi connectivity index (χ1) is 9.49. The summed E-state index contributed by atoms with van der Waals surface area (Å²) >= 11 is 0. The number of benzene rings is 1. The molecule has 5 heteroatoms. The Labute approximate surface area is 118 Å². The number of aliphatic carboxylic acids is 1. The van der Waals surface area contributed by atoms with Gasteiger partial charge in [0.25, 0.3) is 0 Å². The van der Waals surface area contributed by atoms with Crippen LogP contribution in [0.1, 0.15) is 24.2 Å². The molecule has 5 nitrogen and oxygen atoms in total. The Kier molecular flexibility index (Phi) is 14.6. The predicted molar refractivity (Wildman–Crippen MR) is 77.8 cm³/mol. The minimum Gasteiger partial charge on any atom is -0.478 e. The molecule has 0 aliphatic carbocycles. The summed E-state index contributed by atoms with van der Waals surface area (Å²) in [5.74, 6) is -1.79. The van der Waals surface area contributed by atoms with Crippen LogP contribution in [0.4, 0.5) is 0 Å². The van der Waals surface area contributed by atoms with E-state index in [1.165, 1.54) is 6.08 Å². The minimum atomic E-state index is -0.914. The lowest BCUT2D eigenvalue weighted by atomic mass is 10.2. The van der Waals surface area contributed by atoms with Crippen molar-refractivity contribution in [2.24, 2.45) is 0 Å². The van der Waals surface area contributed by atoms with E-state index >= 15 is 0 Å². The molecule has 0 atom stereocenters. The summed E-state index contributed by atoms with van der Waals surface area (Å²) in [6, 6.07) is 8.30. The largest absolute Gasteiger partial charge is 0.478 e. The van der Waals surface area contributed by atoms with Crippen LogP contribution in [0.15, 0.2) is 54.6 Å². The van der Waals surface area contributed by atoms with Gasteiger partial charge in [0.05, 0.1) is 5.56 Å². The maximum atomic E-state index is 10.2. The number of carboxylic acid groups (broad SMARTS) is 2. The van der Waals surface area contributed by atoms with Gasteiger partial charge in [0.1, 0.15) is 0 Å². The lowest BCUT2D eigenvalue weighted by molar-refractivity contribution is -0.131. The highest BCUT2D eigenvalue weighted by molar-refractivity contribution is 5.87. The van der Waals surface area contributed by atoms with Crippen LogP contribution in [-0.2, 0) is 4.79 Å². The topological polar surface area (TPSA) is 94.8 Å². The van der Waals surface area contributed by atoms with E-state index in [-0.39, 0.29) is 6.61 Å². The smallest absolute Gasteiger partial charge is 0.335 e. The van der Waals surface area contributed by atoms with Crippen molar-refractivity contribution in [2.75, 3.05) is 6.61 Å². The molecule has 1 aromatic rings. The number of aliphatic hydroxyl groups is 1. The number of aromatic carboxylic acids is 1. The Hall–Kier alpha value is -2.40. The Balaban J connectivity index is 0. The standard InChI is InChI=1S/C7H6O2.C6H8O2.C2H6O/c8-7(9)6-4-2-1-3-5-6;1-2-3-4-5-6(7)8;1-2-3/h1-5H,(H,8,9);2-5H,1H3,(H,7,8);3H,2H2,1H3/b;3-2+,5-4+;. The molecule has 0 spiro atoms. The molecule has 0 fully saturated rings. The van der Waals surface area contributed by atoms with E-state index in [1.807, 2.05) is 6.92 Å². The Morgan fingerprint density at radius 3 is 1.90 bits per heavy atom. The Morgan fingerprint density at radius 2 is 1.60 bits per heavy atom. The van der Waals surface area contributed by atoms with Crippen molar-refractivity contribution in [3.05, 3.63) is 60.2 Å². The molecule has 0 aliphatic heterocycles. The predicted octanol–water partition coefficient (Wildman–Crippen LogP) is 2.59. The first kappa shape index (κ1) is 19.9. The molecular weight excluding hydrogens is 260 g/mol. The fourth-order valence-corrected chi connectivity index (χ4v) is 0.830. The molecular formula is C15H20O5. The molecule has 0 radical (unpaired) electrons. The van der Waals surface area contributed by atoms with Gasteiger partial charge in [0.15, 0.2) is 0 Å². The van der Waals surface area contributed by atoms with E-state index in [0.717, 1.165) is 6.08 Å². The zero-order valence-electron chi connectivity index (χ0n) is 11.6. The van der Waals surface area contributed by atoms with Gasteiger partial charge >= 0.3 is 11.9 Å². The van der Waals surface area contributed by atoms with E-state index in [4.69, 9.17) is 15.3 Å². The zero-order valence-corrected chi connectivity index (χ0v) is 11.6. The molecule has 20 heavy (non-hydrogen) atoms. The summed E-state index contributed by atoms with van der Waals surface area (Å²) in [6.07, 6.45) is 5.98. The van der Waals surface area contributed by atoms with Crippen molar-refractivity contribution in [3.8, 4) is 0 Å². The SMILES string of the molecule is C/C=C/C=C/C(=O)O.CCO.O=C(O)c1ccccc1. The Morgan fingerprint density at radius 1 is 1.10 bits per heavy atom. The second kappa shape index (κ2) is 14.7. The number of rotatable bonds is 3. The fraction of sp³-hybridized carbons (Fsp3) is 0.200. The summed E-state index contributed by atoms with van der Waals surface area (Å²) in [4.78, 5) is 20.0. The molecule has 110 valence electrons. The van der Waals surface area contributed by atoms with Crippen molar-refractivity contribution in [1.29, 1.82) is 0 Å². The van der Waals surface area contributed by atoms with Crippen molar-refractivity contribution in [2.45, 2.75) is 13.8 Å².